The van der Waals surface area contributed by atoms with Gasteiger partial charge in [0.25, 0.3) is 0 Å². The van der Waals surface area contributed by atoms with Crippen molar-refractivity contribution in [3.8, 4) is 6.07 Å². The predicted molar refractivity (Wildman–Crippen MR) is 116 cm³/mol. The second-order valence-electron chi connectivity index (χ2n) is 8.83. The third-order valence-electron chi connectivity index (χ3n) is 5.07. The highest BCUT2D eigenvalue weighted by atomic mass is 35.5. The molecular weight excluding hydrogens is 481 g/mol. The zero-order valence-corrected chi connectivity index (χ0v) is 20.1. The van der Waals surface area contributed by atoms with Gasteiger partial charge in [-0.25, -0.2) is 13.2 Å². The number of amides is 1. The minimum Gasteiger partial charge on any atom is -0.427 e. The number of nitriles is 1. The number of carbonyl (C=O) groups excluding carboxylic acids is 2. The van der Waals surface area contributed by atoms with E-state index < -0.39 is 44.3 Å². The first-order valence-electron chi connectivity index (χ1n) is 9.86. The lowest BCUT2D eigenvalue weighted by Gasteiger charge is -2.25. The van der Waals surface area contributed by atoms with E-state index in [2.05, 4.69) is 5.32 Å². The molecule has 0 unspecified atom stereocenters. The molecule has 3 rings (SSSR count). The molecule has 1 aliphatic heterocycles. The minimum atomic E-state index is -4.00. The smallest absolute Gasteiger partial charge is 0.427 e. The molecule has 2 fully saturated rings. The Morgan fingerprint density at radius 2 is 1.94 bits per heavy atom. The van der Waals surface area contributed by atoms with Crippen LogP contribution < -0.4 is 5.32 Å². The zero-order chi connectivity index (χ0) is 23.9. The summed E-state index contributed by atoms with van der Waals surface area (Å²) in [5, 5.41) is 12.0. The van der Waals surface area contributed by atoms with Gasteiger partial charge in [0.15, 0.2) is 9.84 Å². The third kappa shape index (κ3) is 5.46. The summed E-state index contributed by atoms with van der Waals surface area (Å²) in [6.07, 6.45) is -0.245. The maximum absolute atomic E-state index is 13.2. The van der Waals surface area contributed by atoms with Gasteiger partial charge in [-0.15, -0.1) is 5.06 Å². The van der Waals surface area contributed by atoms with E-state index in [0.717, 1.165) is 5.06 Å². The molecule has 9 nitrogen and oxygen atoms in total. The molecule has 1 amide bonds. The van der Waals surface area contributed by atoms with Gasteiger partial charge in [-0.1, -0.05) is 23.2 Å². The highest BCUT2D eigenvalue weighted by Gasteiger charge is 2.50. The van der Waals surface area contributed by atoms with E-state index in [1.165, 1.54) is 18.2 Å². The maximum atomic E-state index is 13.2. The van der Waals surface area contributed by atoms with Crippen molar-refractivity contribution in [3.63, 3.8) is 0 Å². The number of nitrogens with zero attached hydrogens (tertiary/aromatic N) is 2. The molecule has 174 valence electrons. The summed E-state index contributed by atoms with van der Waals surface area (Å²) >= 11 is 12.0. The Hall–Kier alpha value is -2.06. The SMILES string of the molecule is CC(C)(C)OC(=O)ON1C[C@H](S(=O)(=O)c2ccc(Cl)cc2Cl)C[C@H]1C(=O)NC1(C#N)CC1. The van der Waals surface area contributed by atoms with Gasteiger partial charge in [-0.3, -0.25) is 4.79 Å². The Bertz CT molecular complexity index is 1080. The summed E-state index contributed by atoms with van der Waals surface area (Å²) in [7, 11) is -4.00. The number of ether oxygens (including phenoxy) is 1. The molecule has 1 aliphatic carbocycles. The van der Waals surface area contributed by atoms with E-state index in [1.54, 1.807) is 20.8 Å². The van der Waals surface area contributed by atoms with Crippen LogP contribution in [-0.4, -0.2) is 54.5 Å². The van der Waals surface area contributed by atoms with Crippen molar-refractivity contribution in [1.82, 2.24) is 10.4 Å². The molecule has 32 heavy (non-hydrogen) atoms. The van der Waals surface area contributed by atoms with Crippen LogP contribution in [-0.2, 0) is 24.2 Å². The molecule has 0 aromatic heterocycles. The second-order valence-corrected chi connectivity index (χ2v) is 11.9. The van der Waals surface area contributed by atoms with Gasteiger partial charge in [0.2, 0.25) is 5.91 Å². The van der Waals surface area contributed by atoms with Crippen LogP contribution in [0.25, 0.3) is 0 Å². The van der Waals surface area contributed by atoms with E-state index in [4.69, 9.17) is 32.8 Å². The molecule has 2 aliphatic rings. The van der Waals surface area contributed by atoms with Crippen molar-refractivity contribution in [1.29, 1.82) is 5.26 Å². The quantitative estimate of drug-likeness (QED) is 0.606. The molecule has 0 bridgehead atoms. The fraction of sp³-hybridized carbons (Fsp3) is 0.550. The Labute approximate surface area is 196 Å². The molecule has 12 heteroatoms. The van der Waals surface area contributed by atoms with Crippen molar-refractivity contribution in [2.75, 3.05) is 6.54 Å². The van der Waals surface area contributed by atoms with Crippen molar-refractivity contribution in [2.45, 2.75) is 67.4 Å². The van der Waals surface area contributed by atoms with Gasteiger partial charge >= 0.3 is 6.16 Å². The van der Waals surface area contributed by atoms with Crippen LogP contribution in [0, 0.1) is 11.3 Å². The Morgan fingerprint density at radius 3 is 2.47 bits per heavy atom. The van der Waals surface area contributed by atoms with Crippen molar-refractivity contribution in [3.05, 3.63) is 28.2 Å². The molecule has 0 spiro atoms. The van der Waals surface area contributed by atoms with Crippen LogP contribution in [0.5, 0.6) is 0 Å². The summed E-state index contributed by atoms with van der Waals surface area (Å²) in [4.78, 5) is 30.2. The fourth-order valence-electron chi connectivity index (χ4n) is 3.29. The molecule has 1 aromatic carbocycles. The average Bonchev–Trinajstić information content (AvgIpc) is 3.29. The highest BCUT2D eigenvalue weighted by molar-refractivity contribution is 7.92. The number of benzene rings is 1. The predicted octanol–water partition coefficient (Wildman–Crippen LogP) is 3.25. The number of rotatable bonds is 5. The van der Waals surface area contributed by atoms with E-state index in [-0.39, 0.29) is 27.9 Å². The molecular formula is C20H23Cl2N3O6S. The number of nitrogens with one attached hydrogen (secondary N) is 1. The number of hydroxylamine groups is 2. The topological polar surface area (TPSA) is 126 Å². The first-order valence-corrected chi connectivity index (χ1v) is 12.2. The van der Waals surface area contributed by atoms with Crippen LogP contribution in [0.2, 0.25) is 10.0 Å². The van der Waals surface area contributed by atoms with E-state index in [1.807, 2.05) is 6.07 Å². The summed E-state index contributed by atoms with van der Waals surface area (Å²) < 4.78 is 31.6. The lowest BCUT2D eigenvalue weighted by molar-refractivity contribution is -0.162. The van der Waals surface area contributed by atoms with Crippen LogP contribution in [0.3, 0.4) is 0 Å². The van der Waals surface area contributed by atoms with Crippen LogP contribution >= 0.6 is 23.2 Å². The Morgan fingerprint density at radius 1 is 1.28 bits per heavy atom. The van der Waals surface area contributed by atoms with Gasteiger partial charge in [0.05, 0.1) is 27.8 Å². The lowest BCUT2D eigenvalue weighted by Crippen LogP contribution is -2.48. The third-order valence-corrected chi connectivity index (χ3v) is 7.92. The van der Waals surface area contributed by atoms with E-state index >= 15 is 0 Å². The maximum Gasteiger partial charge on any atom is 0.528 e. The summed E-state index contributed by atoms with van der Waals surface area (Å²) in [6.45, 7) is 4.64. The summed E-state index contributed by atoms with van der Waals surface area (Å²) in [5.41, 5.74) is -1.82. The number of hydrogen-bond donors (Lipinski definition) is 1. The molecule has 0 radical (unpaired) electrons. The molecule has 1 N–H and O–H groups in total. The molecule has 1 saturated heterocycles. The fourth-order valence-corrected chi connectivity index (χ4v) is 5.75. The first-order chi connectivity index (χ1) is 14.8. The second kappa shape index (κ2) is 8.71. The van der Waals surface area contributed by atoms with E-state index in [9.17, 15) is 23.3 Å². The van der Waals surface area contributed by atoms with Crippen LogP contribution in [0.15, 0.2) is 23.1 Å². The molecule has 2 atom stereocenters. The average molecular weight is 504 g/mol. The van der Waals surface area contributed by atoms with Crippen LogP contribution in [0.1, 0.15) is 40.0 Å². The van der Waals surface area contributed by atoms with Crippen molar-refractivity contribution in [2.24, 2.45) is 0 Å². The Balaban J connectivity index is 1.85. The van der Waals surface area contributed by atoms with Gasteiger partial charge in [-0.2, -0.15) is 5.26 Å². The standard InChI is InChI=1S/C20H23Cl2N3O6S/c1-19(2,3)30-18(27)31-25-10-13(9-15(25)17(26)24-20(11-23)6-7-20)32(28,29)16-5-4-12(21)8-14(16)22/h4-5,8,13,15H,6-7,9-10H2,1-3H3,(H,24,26)/t13-,15+/m1/s1. The molecule has 1 heterocycles. The van der Waals surface area contributed by atoms with Gasteiger partial charge in [0.1, 0.15) is 17.2 Å². The summed E-state index contributed by atoms with van der Waals surface area (Å²) in [6, 6.07) is 4.92. The van der Waals surface area contributed by atoms with Gasteiger partial charge < -0.3 is 14.9 Å². The van der Waals surface area contributed by atoms with Crippen LogP contribution in [0.4, 0.5) is 4.79 Å². The lowest BCUT2D eigenvalue weighted by atomic mass is 10.2. The molecule has 1 saturated carbocycles. The number of halogens is 2. The first kappa shape index (κ1) is 24.6. The normalized spacial score (nSPS) is 22.6. The van der Waals surface area contributed by atoms with Gasteiger partial charge in [0, 0.05) is 5.02 Å². The minimum absolute atomic E-state index is 0.0496. The largest absolute Gasteiger partial charge is 0.528 e. The monoisotopic (exact) mass is 503 g/mol. The van der Waals surface area contributed by atoms with Gasteiger partial charge in [-0.05, 0) is 58.2 Å². The van der Waals surface area contributed by atoms with E-state index in [0.29, 0.717) is 12.8 Å². The van der Waals surface area contributed by atoms with Crippen molar-refractivity contribution >= 4 is 45.1 Å². The Kier molecular flexibility index (Phi) is 6.69. The molecule has 1 aromatic rings. The number of hydrogen-bond acceptors (Lipinski definition) is 8. The number of sulfone groups is 1. The zero-order valence-electron chi connectivity index (χ0n) is 17.7. The summed E-state index contributed by atoms with van der Waals surface area (Å²) in [5.74, 6) is -0.604. The number of carbonyl (C=O) groups is 2. The van der Waals surface area contributed by atoms with Crippen molar-refractivity contribution < 1.29 is 27.6 Å². The highest BCUT2D eigenvalue weighted by Crippen LogP contribution is 2.37.